The number of aromatic nitrogens is 3. The molecular weight excluding hydrogens is 304 g/mol. The van der Waals surface area contributed by atoms with Gasteiger partial charge in [-0.05, 0) is 31.5 Å². The van der Waals surface area contributed by atoms with Crippen LogP contribution in [-0.4, -0.2) is 44.1 Å². The van der Waals surface area contributed by atoms with E-state index in [9.17, 15) is 4.79 Å². The van der Waals surface area contributed by atoms with E-state index in [0.717, 1.165) is 30.8 Å². The van der Waals surface area contributed by atoms with Crippen LogP contribution >= 0.6 is 12.4 Å². The molecule has 2 heterocycles. The highest BCUT2D eigenvalue weighted by atomic mass is 35.5. The number of para-hydroxylation sites is 1. The Morgan fingerprint density at radius 1 is 1.32 bits per heavy atom. The number of hydrogen-bond donors (Lipinski definition) is 1. The molecular formula is C15H19ClN4O2. The number of carbonyl (C=O) groups is 1. The number of carboxylic acid groups (broad SMARTS) is 1. The number of carboxylic acids is 1. The minimum Gasteiger partial charge on any atom is -0.481 e. The van der Waals surface area contributed by atoms with Crippen LogP contribution in [0.15, 0.2) is 36.5 Å². The van der Waals surface area contributed by atoms with Gasteiger partial charge in [0, 0.05) is 13.1 Å². The maximum absolute atomic E-state index is 11.1. The summed E-state index contributed by atoms with van der Waals surface area (Å²) in [5.41, 5.74) is 1.79. The van der Waals surface area contributed by atoms with E-state index in [-0.39, 0.29) is 18.3 Å². The summed E-state index contributed by atoms with van der Waals surface area (Å²) in [6.45, 7) is 2.16. The Bertz CT molecular complexity index is 617. The van der Waals surface area contributed by atoms with Crippen molar-refractivity contribution >= 4 is 18.4 Å². The second-order valence-electron chi connectivity index (χ2n) is 5.37. The molecule has 0 aliphatic carbocycles. The minimum atomic E-state index is -0.701. The van der Waals surface area contributed by atoms with E-state index in [1.807, 2.05) is 30.3 Å². The number of nitrogens with zero attached hydrogens (tertiary/aromatic N) is 4. The van der Waals surface area contributed by atoms with Gasteiger partial charge in [0.05, 0.1) is 23.5 Å². The summed E-state index contributed by atoms with van der Waals surface area (Å²) in [6.07, 6.45) is 3.43. The molecule has 22 heavy (non-hydrogen) atoms. The second kappa shape index (κ2) is 7.38. The van der Waals surface area contributed by atoms with Crippen molar-refractivity contribution in [2.75, 3.05) is 13.1 Å². The molecule has 2 aromatic rings. The maximum Gasteiger partial charge on any atom is 0.307 e. The lowest BCUT2D eigenvalue weighted by Gasteiger charge is -2.29. The summed E-state index contributed by atoms with van der Waals surface area (Å²) >= 11 is 0. The molecule has 3 rings (SSSR count). The van der Waals surface area contributed by atoms with Gasteiger partial charge in [0.1, 0.15) is 0 Å². The molecule has 1 aromatic carbocycles. The van der Waals surface area contributed by atoms with E-state index in [2.05, 4.69) is 15.1 Å². The summed E-state index contributed by atoms with van der Waals surface area (Å²) in [5.74, 6) is -0.962. The van der Waals surface area contributed by atoms with E-state index < -0.39 is 5.97 Å². The van der Waals surface area contributed by atoms with Crippen molar-refractivity contribution in [1.82, 2.24) is 19.9 Å². The SMILES string of the molecule is Cl.O=C(O)C1CCCN(Cc2cnn(-c3ccccc3)n2)C1. The summed E-state index contributed by atoms with van der Waals surface area (Å²) < 4.78 is 0. The zero-order valence-corrected chi connectivity index (χ0v) is 12.9. The fourth-order valence-electron chi connectivity index (χ4n) is 2.68. The molecule has 1 aliphatic heterocycles. The third-order valence-electron chi connectivity index (χ3n) is 3.77. The molecule has 0 bridgehead atoms. The van der Waals surface area contributed by atoms with Crippen molar-refractivity contribution in [3.63, 3.8) is 0 Å². The average Bonchev–Trinajstić information content (AvgIpc) is 2.97. The maximum atomic E-state index is 11.1. The number of halogens is 1. The monoisotopic (exact) mass is 322 g/mol. The van der Waals surface area contributed by atoms with Gasteiger partial charge >= 0.3 is 5.97 Å². The molecule has 0 amide bonds. The molecule has 0 saturated carbocycles. The lowest BCUT2D eigenvalue weighted by Crippen LogP contribution is -2.38. The smallest absolute Gasteiger partial charge is 0.307 e. The molecule has 1 N–H and O–H groups in total. The Hall–Kier alpha value is -1.92. The Labute approximate surface area is 135 Å². The Balaban J connectivity index is 0.00000176. The third kappa shape index (κ3) is 3.84. The average molecular weight is 323 g/mol. The molecule has 7 heteroatoms. The first-order valence-electron chi connectivity index (χ1n) is 7.14. The van der Waals surface area contributed by atoms with Crippen molar-refractivity contribution in [3.8, 4) is 5.69 Å². The van der Waals surface area contributed by atoms with Gasteiger partial charge in [0.25, 0.3) is 0 Å². The van der Waals surface area contributed by atoms with Gasteiger partial charge in [-0.2, -0.15) is 15.0 Å². The van der Waals surface area contributed by atoms with Crippen LogP contribution in [0.3, 0.4) is 0 Å². The van der Waals surface area contributed by atoms with Crippen molar-refractivity contribution < 1.29 is 9.90 Å². The van der Waals surface area contributed by atoms with Crippen LogP contribution in [0, 0.1) is 5.92 Å². The van der Waals surface area contributed by atoms with E-state index in [4.69, 9.17) is 5.11 Å². The van der Waals surface area contributed by atoms with Crippen LogP contribution in [0.1, 0.15) is 18.5 Å². The molecule has 118 valence electrons. The number of likely N-dealkylation sites (tertiary alicyclic amines) is 1. The summed E-state index contributed by atoms with van der Waals surface area (Å²) in [7, 11) is 0. The Kier molecular flexibility index (Phi) is 5.51. The van der Waals surface area contributed by atoms with Gasteiger partial charge < -0.3 is 5.11 Å². The predicted octanol–water partition coefficient (Wildman–Crippen LogP) is 1.99. The van der Waals surface area contributed by atoms with Gasteiger partial charge in [-0.25, -0.2) is 0 Å². The fraction of sp³-hybridized carbons (Fsp3) is 0.400. The van der Waals surface area contributed by atoms with Crippen molar-refractivity contribution in [1.29, 1.82) is 0 Å². The highest BCUT2D eigenvalue weighted by Crippen LogP contribution is 2.18. The first-order chi connectivity index (χ1) is 10.2. The Morgan fingerprint density at radius 2 is 2.09 bits per heavy atom. The van der Waals surface area contributed by atoms with E-state index in [0.29, 0.717) is 13.1 Å². The van der Waals surface area contributed by atoms with Gasteiger partial charge in [0.15, 0.2) is 0 Å². The summed E-state index contributed by atoms with van der Waals surface area (Å²) in [4.78, 5) is 14.8. The first-order valence-corrected chi connectivity index (χ1v) is 7.14. The molecule has 1 fully saturated rings. The molecule has 6 nitrogen and oxygen atoms in total. The topological polar surface area (TPSA) is 71.2 Å². The quantitative estimate of drug-likeness (QED) is 0.932. The molecule has 1 aliphatic rings. The predicted molar refractivity (Wildman–Crippen MR) is 84.2 cm³/mol. The number of rotatable bonds is 4. The lowest BCUT2D eigenvalue weighted by atomic mass is 9.98. The standard InChI is InChI=1S/C15H18N4O2.ClH/c20-15(21)12-5-4-8-18(10-12)11-13-9-16-19(17-13)14-6-2-1-3-7-14;/h1-3,6-7,9,12H,4-5,8,10-11H2,(H,20,21);1H. The van der Waals surface area contributed by atoms with Gasteiger partial charge in [-0.1, -0.05) is 18.2 Å². The van der Waals surface area contributed by atoms with Crippen LogP contribution < -0.4 is 0 Å². The number of benzene rings is 1. The van der Waals surface area contributed by atoms with Gasteiger partial charge in [0.2, 0.25) is 0 Å². The zero-order chi connectivity index (χ0) is 14.7. The molecule has 0 radical (unpaired) electrons. The summed E-state index contributed by atoms with van der Waals surface area (Å²) in [6, 6.07) is 9.74. The van der Waals surface area contributed by atoms with E-state index >= 15 is 0 Å². The zero-order valence-electron chi connectivity index (χ0n) is 12.1. The van der Waals surface area contributed by atoms with Crippen LogP contribution in [0.2, 0.25) is 0 Å². The summed E-state index contributed by atoms with van der Waals surface area (Å²) in [5, 5.41) is 17.8. The molecule has 1 saturated heterocycles. The first kappa shape index (κ1) is 16.5. The van der Waals surface area contributed by atoms with Gasteiger partial charge in [-0.15, -0.1) is 12.4 Å². The molecule has 0 spiro atoms. The largest absolute Gasteiger partial charge is 0.481 e. The van der Waals surface area contributed by atoms with Crippen LogP contribution in [-0.2, 0) is 11.3 Å². The number of piperidine rings is 1. The van der Waals surface area contributed by atoms with Crippen LogP contribution in [0.5, 0.6) is 0 Å². The van der Waals surface area contributed by atoms with Crippen LogP contribution in [0.4, 0.5) is 0 Å². The van der Waals surface area contributed by atoms with Crippen molar-refractivity contribution in [2.24, 2.45) is 5.92 Å². The third-order valence-corrected chi connectivity index (χ3v) is 3.77. The number of hydrogen-bond acceptors (Lipinski definition) is 4. The highest BCUT2D eigenvalue weighted by molar-refractivity contribution is 5.85. The van der Waals surface area contributed by atoms with Crippen molar-refractivity contribution in [2.45, 2.75) is 19.4 Å². The molecule has 1 unspecified atom stereocenters. The van der Waals surface area contributed by atoms with E-state index in [1.54, 1.807) is 11.0 Å². The molecule has 1 aromatic heterocycles. The van der Waals surface area contributed by atoms with E-state index in [1.165, 1.54) is 0 Å². The molecule has 1 atom stereocenters. The van der Waals surface area contributed by atoms with Crippen molar-refractivity contribution in [3.05, 3.63) is 42.2 Å². The lowest BCUT2D eigenvalue weighted by molar-refractivity contribution is -0.143. The fourth-order valence-corrected chi connectivity index (χ4v) is 2.68. The Morgan fingerprint density at radius 3 is 2.82 bits per heavy atom. The van der Waals surface area contributed by atoms with Gasteiger partial charge in [-0.3, -0.25) is 9.69 Å². The normalized spacial score (nSPS) is 18.6. The van der Waals surface area contributed by atoms with Crippen LogP contribution in [0.25, 0.3) is 5.69 Å². The second-order valence-corrected chi connectivity index (χ2v) is 5.37. The minimum absolute atomic E-state index is 0. The highest BCUT2D eigenvalue weighted by Gasteiger charge is 2.25. The number of aliphatic carboxylic acids is 1.